The van der Waals surface area contributed by atoms with Crippen LogP contribution in [0.3, 0.4) is 0 Å². The van der Waals surface area contributed by atoms with Crippen LogP contribution >= 0.6 is 11.3 Å². The van der Waals surface area contributed by atoms with Crippen LogP contribution in [-0.4, -0.2) is 37.5 Å². The molecule has 156 valence electrons. The SMILES string of the molecule is O=[N+]([O-])c1ccc(N2CCC(NS(=O)(=O)c3cccs3)CC2)nc1-c1ccccc1. The van der Waals surface area contributed by atoms with E-state index in [2.05, 4.69) is 9.71 Å². The van der Waals surface area contributed by atoms with Gasteiger partial charge in [-0.1, -0.05) is 36.4 Å². The average molecular weight is 445 g/mol. The Morgan fingerprint density at radius 1 is 1.07 bits per heavy atom. The van der Waals surface area contributed by atoms with Gasteiger partial charge in [-0.2, -0.15) is 0 Å². The highest BCUT2D eigenvalue weighted by molar-refractivity contribution is 7.91. The van der Waals surface area contributed by atoms with Crippen molar-refractivity contribution in [1.82, 2.24) is 9.71 Å². The fourth-order valence-corrected chi connectivity index (χ4v) is 5.81. The monoisotopic (exact) mass is 444 g/mol. The standard InChI is InChI=1S/C20H20N4O4S2/c25-24(26)17-8-9-18(21-20(17)15-5-2-1-3-6-15)23-12-10-16(11-13-23)22-30(27,28)19-7-4-14-29-19/h1-9,14,16,22H,10-13H2. The van der Waals surface area contributed by atoms with E-state index < -0.39 is 14.9 Å². The summed E-state index contributed by atoms with van der Waals surface area (Å²) in [6.45, 7) is 1.22. The molecule has 1 aliphatic heterocycles. The van der Waals surface area contributed by atoms with Crippen molar-refractivity contribution >= 4 is 32.9 Å². The summed E-state index contributed by atoms with van der Waals surface area (Å²) in [4.78, 5) is 17.6. The number of benzene rings is 1. The molecule has 1 N–H and O–H groups in total. The lowest BCUT2D eigenvalue weighted by atomic mass is 10.1. The van der Waals surface area contributed by atoms with Gasteiger partial charge in [-0.15, -0.1) is 11.3 Å². The summed E-state index contributed by atoms with van der Waals surface area (Å²) in [6, 6.07) is 15.4. The number of anilines is 1. The number of nitrogens with zero attached hydrogens (tertiary/aromatic N) is 3. The van der Waals surface area contributed by atoms with Gasteiger partial charge in [0.2, 0.25) is 10.0 Å². The molecule has 3 aromatic rings. The molecule has 3 heterocycles. The van der Waals surface area contributed by atoms with Crippen LogP contribution in [0.4, 0.5) is 11.5 Å². The van der Waals surface area contributed by atoms with E-state index in [-0.39, 0.29) is 11.7 Å². The van der Waals surface area contributed by atoms with Crippen molar-refractivity contribution in [2.75, 3.05) is 18.0 Å². The van der Waals surface area contributed by atoms with Gasteiger partial charge in [0.15, 0.2) is 5.69 Å². The number of nitro groups is 1. The average Bonchev–Trinajstić information content (AvgIpc) is 3.30. The highest BCUT2D eigenvalue weighted by Crippen LogP contribution is 2.31. The summed E-state index contributed by atoms with van der Waals surface area (Å²) in [7, 11) is -3.50. The van der Waals surface area contributed by atoms with Crippen molar-refractivity contribution in [3.05, 3.63) is 70.1 Å². The molecule has 0 aliphatic carbocycles. The summed E-state index contributed by atoms with van der Waals surface area (Å²) >= 11 is 1.19. The van der Waals surface area contributed by atoms with Crippen LogP contribution in [-0.2, 0) is 10.0 Å². The first-order valence-electron chi connectivity index (χ1n) is 9.46. The van der Waals surface area contributed by atoms with Crippen molar-refractivity contribution in [3.63, 3.8) is 0 Å². The lowest BCUT2D eigenvalue weighted by molar-refractivity contribution is -0.384. The molecule has 0 atom stereocenters. The summed E-state index contributed by atoms with van der Waals surface area (Å²) in [5.41, 5.74) is 0.979. The van der Waals surface area contributed by atoms with Crippen LogP contribution in [0, 0.1) is 10.1 Å². The predicted octanol–water partition coefficient (Wildman–Crippen LogP) is 3.67. The number of pyridine rings is 1. The Kier molecular flexibility index (Phi) is 5.80. The van der Waals surface area contributed by atoms with Gasteiger partial charge in [-0.3, -0.25) is 10.1 Å². The number of piperidine rings is 1. The molecule has 1 fully saturated rings. The molecule has 0 amide bonds. The molecule has 0 unspecified atom stereocenters. The lowest BCUT2D eigenvalue weighted by Crippen LogP contribution is -2.44. The third-order valence-corrected chi connectivity index (χ3v) is 7.92. The van der Waals surface area contributed by atoms with Crippen molar-refractivity contribution in [2.24, 2.45) is 0 Å². The molecule has 0 spiro atoms. The van der Waals surface area contributed by atoms with Crippen LogP contribution < -0.4 is 9.62 Å². The minimum absolute atomic E-state index is 0.0384. The number of nitrogens with one attached hydrogen (secondary N) is 1. The third kappa shape index (κ3) is 4.35. The molecule has 30 heavy (non-hydrogen) atoms. The Labute approximate surface area is 178 Å². The summed E-state index contributed by atoms with van der Waals surface area (Å²) in [5, 5.41) is 13.2. The Morgan fingerprint density at radius 3 is 2.43 bits per heavy atom. The summed E-state index contributed by atoms with van der Waals surface area (Å²) < 4.78 is 27.9. The summed E-state index contributed by atoms with van der Waals surface area (Å²) in [5.74, 6) is 0.652. The second kappa shape index (κ2) is 8.50. The Hall–Kier alpha value is -2.82. The zero-order valence-electron chi connectivity index (χ0n) is 16.0. The van der Waals surface area contributed by atoms with Gasteiger partial charge in [0.05, 0.1) is 4.92 Å². The molecule has 2 aromatic heterocycles. The number of hydrogen-bond donors (Lipinski definition) is 1. The number of aromatic nitrogens is 1. The number of sulfonamides is 1. The molecule has 1 aromatic carbocycles. The first-order valence-corrected chi connectivity index (χ1v) is 11.8. The molecule has 0 bridgehead atoms. The molecule has 0 saturated carbocycles. The van der Waals surface area contributed by atoms with E-state index in [0.29, 0.717) is 47.2 Å². The van der Waals surface area contributed by atoms with Crippen molar-refractivity contribution in [2.45, 2.75) is 23.1 Å². The number of thiophene rings is 1. The van der Waals surface area contributed by atoms with Crippen LogP contribution in [0.25, 0.3) is 11.3 Å². The quantitative estimate of drug-likeness (QED) is 0.459. The maximum Gasteiger partial charge on any atom is 0.295 e. The van der Waals surface area contributed by atoms with Crippen molar-refractivity contribution in [1.29, 1.82) is 0 Å². The second-order valence-electron chi connectivity index (χ2n) is 6.98. The van der Waals surface area contributed by atoms with Crippen molar-refractivity contribution in [3.8, 4) is 11.3 Å². The molecule has 10 heteroatoms. The minimum Gasteiger partial charge on any atom is -0.356 e. The second-order valence-corrected chi connectivity index (χ2v) is 9.86. The zero-order valence-corrected chi connectivity index (χ0v) is 17.6. The van der Waals surface area contributed by atoms with E-state index in [1.807, 2.05) is 23.1 Å². The smallest absolute Gasteiger partial charge is 0.295 e. The van der Waals surface area contributed by atoms with E-state index in [9.17, 15) is 18.5 Å². The van der Waals surface area contributed by atoms with E-state index in [1.165, 1.54) is 17.4 Å². The van der Waals surface area contributed by atoms with Gasteiger partial charge >= 0.3 is 0 Å². The van der Waals surface area contributed by atoms with Gasteiger partial charge < -0.3 is 4.90 Å². The molecule has 1 aliphatic rings. The predicted molar refractivity (Wildman–Crippen MR) is 116 cm³/mol. The fourth-order valence-electron chi connectivity index (χ4n) is 3.49. The van der Waals surface area contributed by atoms with E-state index in [1.54, 1.807) is 35.7 Å². The van der Waals surface area contributed by atoms with Gasteiger partial charge in [-0.05, 0) is 30.4 Å². The van der Waals surface area contributed by atoms with Gasteiger partial charge in [0.25, 0.3) is 5.69 Å². The topological polar surface area (TPSA) is 105 Å². The number of hydrogen-bond acceptors (Lipinski definition) is 7. The van der Waals surface area contributed by atoms with Gasteiger partial charge in [-0.25, -0.2) is 18.1 Å². The Bertz CT molecular complexity index is 1130. The highest BCUT2D eigenvalue weighted by Gasteiger charge is 2.27. The van der Waals surface area contributed by atoms with Crippen molar-refractivity contribution < 1.29 is 13.3 Å². The van der Waals surface area contributed by atoms with E-state index in [0.717, 1.165) is 0 Å². The Balaban J connectivity index is 1.49. The third-order valence-electron chi connectivity index (χ3n) is 5.00. The highest BCUT2D eigenvalue weighted by atomic mass is 32.2. The molecule has 8 nitrogen and oxygen atoms in total. The first kappa shape index (κ1) is 20.5. The fraction of sp³-hybridized carbons (Fsp3) is 0.250. The maximum atomic E-state index is 12.4. The number of rotatable bonds is 6. The van der Waals surface area contributed by atoms with Gasteiger partial charge in [0, 0.05) is 30.8 Å². The zero-order chi connectivity index (χ0) is 21.1. The normalized spacial score (nSPS) is 15.3. The largest absolute Gasteiger partial charge is 0.356 e. The first-order chi connectivity index (χ1) is 14.4. The molecule has 0 radical (unpaired) electrons. The van der Waals surface area contributed by atoms with Crippen LogP contribution in [0.15, 0.2) is 64.2 Å². The Morgan fingerprint density at radius 2 is 1.80 bits per heavy atom. The maximum absolute atomic E-state index is 12.4. The minimum atomic E-state index is -3.50. The van der Waals surface area contributed by atoms with E-state index >= 15 is 0 Å². The summed E-state index contributed by atoms with van der Waals surface area (Å²) in [6.07, 6.45) is 1.26. The van der Waals surface area contributed by atoms with E-state index in [4.69, 9.17) is 0 Å². The van der Waals surface area contributed by atoms with Crippen LogP contribution in [0.5, 0.6) is 0 Å². The van der Waals surface area contributed by atoms with Crippen LogP contribution in [0.2, 0.25) is 0 Å². The lowest BCUT2D eigenvalue weighted by Gasteiger charge is -2.33. The molecular formula is C20H20N4O4S2. The van der Waals surface area contributed by atoms with Crippen LogP contribution in [0.1, 0.15) is 12.8 Å². The molecular weight excluding hydrogens is 424 g/mol. The molecule has 4 rings (SSSR count). The van der Waals surface area contributed by atoms with Gasteiger partial charge in [0.1, 0.15) is 10.0 Å². The molecule has 1 saturated heterocycles.